The Bertz CT molecular complexity index is 181. The third kappa shape index (κ3) is 0.334. The van der Waals surface area contributed by atoms with Gasteiger partial charge in [-0.2, -0.15) is 0 Å². The molecule has 2 saturated carbocycles. The lowest BCUT2D eigenvalue weighted by Crippen LogP contribution is -2.26. The molecular weight excluding hydrogens is 124 g/mol. The van der Waals surface area contributed by atoms with Crippen molar-refractivity contribution in [2.75, 3.05) is 0 Å². The third-order valence-corrected chi connectivity index (χ3v) is 4.36. The molecule has 0 amide bonds. The highest BCUT2D eigenvalue weighted by atomic mass is 16.6. The van der Waals surface area contributed by atoms with Crippen LogP contribution in [0.4, 0.5) is 0 Å². The highest BCUT2D eigenvalue weighted by Gasteiger charge is 2.77. The van der Waals surface area contributed by atoms with Crippen LogP contribution < -0.4 is 0 Å². The second kappa shape index (κ2) is 1.18. The van der Waals surface area contributed by atoms with Crippen molar-refractivity contribution in [3.63, 3.8) is 0 Å². The molecule has 56 valence electrons. The zero-order chi connectivity index (χ0) is 6.98. The molecule has 1 saturated heterocycles. The van der Waals surface area contributed by atoms with Crippen molar-refractivity contribution in [2.24, 2.45) is 11.8 Å². The Hall–Kier alpha value is -0.0400. The summed E-state index contributed by atoms with van der Waals surface area (Å²) < 4.78 is 5.81. The van der Waals surface area contributed by atoms with Crippen molar-refractivity contribution < 1.29 is 4.74 Å². The van der Waals surface area contributed by atoms with Gasteiger partial charge < -0.3 is 4.74 Å². The summed E-state index contributed by atoms with van der Waals surface area (Å²) in [5.74, 6) is 1.81. The van der Waals surface area contributed by atoms with Gasteiger partial charge in [0.1, 0.15) is 0 Å². The Labute approximate surface area is 61.8 Å². The summed E-state index contributed by atoms with van der Waals surface area (Å²) in [7, 11) is 0. The maximum atomic E-state index is 5.81. The van der Waals surface area contributed by atoms with Crippen LogP contribution in [0, 0.1) is 11.8 Å². The molecule has 1 heterocycles. The highest BCUT2D eigenvalue weighted by molar-refractivity contribution is 5.25. The van der Waals surface area contributed by atoms with Gasteiger partial charge in [0.25, 0.3) is 0 Å². The summed E-state index contributed by atoms with van der Waals surface area (Å²) in [6.45, 7) is 4.60. The SMILES string of the molecule is CC12OC1(C)C1CCC2C1. The Morgan fingerprint density at radius 1 is 1.10 bits per heavy atom. The van der Waals surface area contributed by atoms with E-state index in [1.54, 1.807) is 0 Å². The second-order valence-electron chi connectivity index (χ2n) is 4.52. The molecule has 10 heavy (non-hydrogen) atoms. The predicted octanol–water partition coefficient (Wildman–Crippen LogP) is 1.96. The molecule has 0 aromatic heterocycles. The lowest BCUT2D eigenvalue weighted by atomic mass is 9.82. The average molecular weight is 138 g/mol. The van der Waals surface area contributed by atoms with Gasteiger partial charge in [-0.15, -0.1) is 0 Å². The molecule has 3 fully saturated rings. The lowest BCUT2D eigenvalue weighted by Gasteiger charge is -2.16. The van der Waals surface area contributed by atoms with Crippen LogP contribution in [0.2, 0.25) is 0 Å². The Kier molecular flexibility index (Phi) is 0.658. The van der Waals surface area contributed by atoms with Crippen molar-refractivity contribution in [2.45, 2.75) is 44.3 Å². The Balaban J connectivity index is 2.08. The molecule has 2 bridgehead atoms. The monoisotopic (exact) mass is 138 g/mol. The van der Waals surface area contributed by atoms with E-state index in [2.05, 4.69) is 13.8 Å². The highest BCUT2D eigenvalue weighted by Crippen LogP contribution is 2.70. The first-order valence-corrected chi connectivity index (χ1v) is 4.37. The van der Waals surface area contributed by atoms with E-state index in [1.807, 2.05) is 0 Å². The van der Waals surface area contributed by atoms with Gasteiger partial charge >= 0.3 is 0 Å². The maximum Gasteiger partial charge on any atom is 0.0980 e. The first-order valence-electron chi connectivity index (χ1n) is 4.37. The molecule has 4 atom stereocenters. The van der Waals surface area contributed by atoms with E-state index in [-0.39, 0.29) is 0 Å². The van der Waals surface area contributed by atoms with Crippen LogP contribution in [0.1, 0.15) is 33.1 Å². The topological polar surface area (TPSA) is 12.5 Å². The first kappa shape index (κ1) is 5.59. The molecule has 0 N–H and O–H groups in total. The van der Waals surface area contributed by atoms with Gasteiger partial charge in [-0.3, -0.25) is 0 Å². The molecule has 0 aromatic carbocycles. The van der Waals surface area contributed by atoms with Gasteiger partial charge in [0.15, 0.2) is 0 Å². The lowest BCUT2D eigenvalue weighted by molar-refractivity contribution is 0.180. The van der Waals surface area contributed by atoms with Crippen LogP contribution in [0.3, 0.4) is 0 Å². The molecule has 1 aliphatic heterocycles. The molecule has 1 nitrogen and oxygen atoms in total. The molecule has 0 aromatic rings. The van der Waals surface area contributed by atoms with Crippen LogP contribution >= 0.6 is 0 Å². The van der Waals surface area contributed by atoms with E-state index < -0.39 is 0 Å². The van der Waals surface area contributed by atoms with Gasteiger partial charge in [-0.05, 0) is 44.9 Å². The van der Waals surface area contributed by atoms with Crippen molar-refractivity contribution in [3.05, 3.63) is 0 Å². The normalized spacial score (nSPS) is 70.2. The van der Waals surface area contributed by atoms with Gasteiger partial charge in [0, 0.05) is 0 Å². The van der Waals surface area contributed by atoms with Gasteiger partial charge in [0.05, 0.1) is 11.2 Å². The standard InChI is InChI=1S/C9H14O/c1-8-6-3-4-7(5-6)9(8,2)10-8/h6-7H,3-5H2,1-2H3. The smallest absolute Gasteiger partial charge is 0.0980 e. The summed E-state index contributed by atoms with van der Waals surface area (Å²) in [5, 5.41) is 0. The summed E-state index contributed by atoms with van der Waals surface area (Å²) in [5.41, 5.74) is 0.631. The fourth-order valence-electron chi connectivity index (χ4n) is 3.37. The zero-order valence-corrected chi connectivity index (χ0v) is 6.68. The number of rotatable bonds is 0. The fourth-order valence-corrected chi connectivity index (χ4v) is 3.37. The Morgan fingerprint density at radius 3 is 1.90 bits per heavy atom. The maximum absolute atomic E-state index is 5.81. The van der Waals surface area contributed by atoms with Crippen LogP contribution in [0.25, 0.3) is 0 Å². The van der Waals surface area contributed by atoms with E-state index in [0.717, 1.165) is 11.8 Å². The first-order chi connectivity index (χ1) is 4.67. The number of hydrogen-bond acceptors (Lipinski definition) is 1. The number of ether oxygens (including phenoxy) is 1. The van der Waals surface area contributed by atoms with Gasteiger partial charge in [-0.25, -0.2) is 0 Å². The summed E-state index contributed by atoms with van der Waals surface area (Å²) in [6, 6.07) is 0. The van der Waals surface area contributed by atoms with E-state index in [1.165, 1.54) is 19.3 Å². The second-order valence-corrected chi connectivity index (χ2v) is 4.52. The molecular formula is C9H14O. The van der Waals surface area contributed by atoms with Crippen LogP contribution in [-0.2, 0) is 4.74 Å². The molecule has 3 rings (SSSR count). The van der Waals surface area contributed by atoms with E-state index >= 15 is 0 Å². The molecule has 0 radical (unpaired) electrons. The molecule has 1 heteroatoms. The van der Waals surface area contributed by atoms with Crippen LogP contribution in [0.15, 0.2) is 0 Å². The zero-order valence-electron chi connectivity index (χ0n) is 6.68. The number of fused-ring (bicyclic) bond motifs is 5. The summed E-state index contributed by atoms with van der Waals surface area (Å²) >= 11 is 0. The van der Waals surface area contributed by atoms with Crippen molar-refractivity contribution >= 4 is 0 Å². The van der Waals surface area contributed by atoms with Gasteiger partial charge in [-0.1, -0.05) is 0 Å². The summed E-state index contributed by atoms with van der Waals surface area (Å²) in [4.78, 5) is 0. The van der Waals surface area contributed by atoms with Crippen LogP contribution in [-0.4, -0.2) is 11.2 Å². The average Bonchev–Trinajstić information content (AvgIpc) is 2.25. The van der Waals surface area contributed by atoms with Crippen molar-refractivity contribution in [3.8, 4) is 0 Å². The van der Waals surface area contributed by atoms with Gasteiger partial charge in [0.2, 0.25) is 0 Å². The number of epoxide rings is 1. The molecule has 0 spiro atoms. The van der Waals surface area contributed by atoms with Crippen molar-refractivity contribution in [1.82, 2.24) is 0 Å². The molecule has 4 unspecified atom stereocenters. The number of hydrogen-bond donors (Lipinski definition) is 0. The van der Waals surface area contributed by atoms with E-state index in [9.17, 15) is 0 Å². The molecule has 3 aliphatic rings. The summed E-state index contributed by atoms with van der Waals surface area (Å²) in [6.07, 6.45) is 4.31. The fraction of sp³-hybridized carbons (Fsp3) is 1.00. The largest absolute Gasteiger partial charge is 0.363 e. The quantitative estimate of drug-likeness (QED) is 0.466. The van der Waals surface area contributed by atoms with Crippen LogP contribution in [0.5, 0.6) is 0 Å². The minimum atomic E-state index is 0.315. The minimum absolute atomic E-state index is 0.315. The Morgan fingerprint density at radius 2 is 1.60 bits per heavy atom. The van der Waals surface area contributed by atoms with E-state index in [0.29, 0.717) is 11.2 Å². The van der Waals surface area contributed by atoms with E-state index in [4.69, 9.17) is 4.74 Å². The predicted molar refractivity (Wildman–Crippen MR) is 38.7 cm³/mol. The minimum Gasteiger partial charge on any atom is -0.363 e. The third-order valence-electron chi connectivity index (χ3n) is 4.36. The van der Waals surface area contributed by atoms with Crippen molar-refractivity contribution in [1.29, 1.82) is 0 Å². The molecule has 2 aliphatic carbocycles.